The highest BCUT2D eigenvalue weighted by Gasteiger charge is 2.30. The summed E-state index contributed by atoms with van der Waals surface area (Å²) in [7, 11) is 4.04. The van der Waals surface area contributed by atoms with Crippen molar-refractivity contribution < 1.29 is 0 Å². The van der Waals surface area contributed by atoms with E-state index >= 15 is 0 Å². The maximum absolute atomic E-state index is 4.63. The van der Waals surface area contributed by atoms with E-state index in [1.54, 1.807) is 0 Å². The molecule has 1 aromatic heterocycles. The van der Waals surface area contributed by atoms with Gasteiger partial charge in [-0.05, 0) is 26.3 Å². The third kappa shape index (κ3) is 2.57. The van der Waals surface area contributed by atoms with Gasteiger partial charge in [0, 0.05) is 32.1 Å². The molecule has 0 amide bonds. The lowest BCUT2D eigenvalue weighted by atomic mass is 9.79. The Morgan fingerprint density at radius 1 is 1.35 bits per heavy atom. The minimum absolute atomic E-state index is 0.150. The number of aromatic nitrogens is 2. The van der Waals surface area contributed by atoms with Gasteiger partial charge in [-0.3, -0.25) is 0 Å². The lowest BCUT2D eigenvalue weighted by molar-refractivity contribution is 0.331. The molecule has 0 saturated carbocycles. The molecule has 0 unspecified atom stereocenters. The van der Waals surface area contributed by atoms with Gasteiger partial charge in [-0.2, -0.15) is 0 Å². The molecule has 4 nitrogen and oxygen atoms in total. The SMILES string of the molecule is Cc1nc(N(C)C)cc([C@@]2(C)CCCNC2)n1. The molecule has 17 heavy (non-hydrogen) atoms. The van der Waals surface area contributed by atoms with Gasteiger partial charge in [0.1, 0.15) is 11.6 Å². The van der Waals surface area contributed by atoms with Crippen LogP contribution in [0.4, 0.5) is 5.82 Å². The molecule has 0 radical (unpaired) electrons. The molecule has 1 N–H and O–H groups in total. The monoisotopic (exact) mass is 234 g/mol. The fourth-order valence-electron chi connectivity index (χ4n) is 2.37. The first kappa shape index (κ1) is 12.3. The summed E-state index contributed by atoms with van der Waals surface area (Å²) in [6.07, 6.45) is 2.42. The van der Waals surface area contributed by atoms with Crippen molar-refractivity contribution in [2.45, 2.75) is 32.1 Å². The summed E-state index contributed by atoms with van der Waals surface area (Å²) in [5.74, 6) is 1.86. The Balaban J connectivity index is 2.37. The molecule has 1 fully saturated rings. The van der Waals surface area contributed by atoms with Crippen molar-refractivity contribution in [2.24, 2.45) is 0 Å². The number of anilines is 1. The molecule has 1 aliphatic rings. The molecule has 2 rings (SSSR count). The molecule has 1 saturated heterocycles. The summed E-state index contributed by atoms with van der Waals surface area (Å²) >= 11 is 0. The zero-order chi connectivity index (χ0) is 12.5. The summed E-state index contributed by atoms with van der Waals surface area (Å²) in [6, 6.07) is 2.12. The van der Waals surface area contributed by atoms with Gasteiger partial charge in [0.05, 0.1) is 5.69 Å². The van der Waals surface area contributed by atoms with Gasteiger partial charge in [0.2, 0.25) is 0 Å². The van der Waals surface area contributed by atoms with E-state index in [1.807, 2.05) is 25.9 Å². The predicted octanol–water partition coefficient (Wildman–Crippen LogP) is 1.49. The Labute approximate surface area is 103 Å². The predicted molar refractivity (Wildman–Crippen MR) is 70.6 cm³/mol. The summed E-state index contributed by atoms with van der Waals surface area (Å²) in [5, 5.41) is 3.47. The largest absolute Gasteiger partial charge is 0.363 e. The van der Waals surface area contributed by atoms with Crippen LogP contribution in [-0.4, -0.2) is 37.2 Å². The van der Waals surface area contributed by atoms with Gasteiger partial charge >= 0.3 is 0 Å². The number of hydrogen-bond acceptors (Lipinski definition) is 4. The van der Waals surface area contributed by atoms with E-state index in [-0.39, 0.29) is 5.41 Å². The van der Waals surface area contributed by atoms with Crippen LogP contribution in [0.1, 0.15) is 31.3 Å². The molecule has 0 aromatic carbocycles. The molecular weight excluding hydrogens is 212 g/mol. The van der Waals surface area contributed by atoms with E-state index in [2.05, 4.69) is 28.3 Å². The second kappa shape index (κ2) is 4.61. The average Bonchev–Trinajstić information content (AvgIpc) is 2.29. The van der Waals surface area contributed by atoms with E-state index in [4.69, 9.17) is 0 Å². The molecule has 4 heteroatoms. The van der Waals surface area contributed by atoms with E-state index in [1.165, 1.54) is 18.5 Å². The van der Waals surface area contributed by atoms with Crippen LogP contribution in [-0.2, 0) is 5.41 Å². The first-order chi connectivity index (χ1) is 8.01. The highest BCUT2D eigenvalue weighted by molar-refractivity contribution is 5.40. The Morgan fingerprint density at radius 2 is 2.12 bits per heavy atom. The second-order valence-corrected chi connectivity index (χ2v) is 5.39. The molecule has 0 aliphatic carbocycles. The van der Waals surface area contributed by atoms with E-state index in [0.29, 0.717) is 0 Å². The highest BCUT2D eigenvalue weighted by Crippen LogP contribution is 2.30. The van der Waals surface area contributed by atoms with Gasteiger partial charge < -0.3 is 10.2 Å². The third-order valence-electron chi connectivity index (χ3n) is 3.50. The van der Waals surface area contributed by atoms with Crippen molar-refractivity contribution in [3.8, 4) is 0 Å². The molecule has 1 atom stereocenters. The molecule has 0 bridgehead atoms. The van der Waals surface area contributed by atoms with Gasteiger partial charge in [-0.15, -0.1) is 0 Å². The zero-order valence-electron chi connectivity index (χ0n) is 11.2. The molecule has 94 valence electrons. The molecule has 1 aliphatic heterocycles. The smallest absolute Gasteiger partial charge is 0.132 e. The Morgan fingerprint density at radius 3 is 2.71 bits per heavy atom. The maximum Gasteiger partial charge on any atom is 0.132 e. The standard InChI is InChI=1S/C13H22N4/c1-10-15-11(8-12(16-10)17(3)4)13(2)6-5-7-14-9-13/h8,14H,5-7,9H2,1-4H3/t13-/m0/s1. The van der Waals surface area contributed by atoms with E-state index in [9.17, 15) is 0 Å². The number of rotatable bonds is 2. The summed E-state index contributed by atoms with van der Waals surface area (Å²) in [4.78, 5) is 11.1. The number of aryl methyl sites for hydroxylation is 1. The number of hydrogen-bond donors (Lipinski definition) is 1. The van der Waals surface area contributed by atoms with Crippen LogP contribution in [0.2, 0.25) is 0 Å². The molecule has 2 heterocycles. The Hall–Kier alpha value is -1.16. The summed E-state index contributed by atoms with van der Waals surface area (Å²) in [6.45, 7) is 6.40. The van der Waals surface area contributed by atoms with Crippen molar-refractivity contribution in [3.05, 3.63) is 17.6 Å². The molecule has 0 spiro atoms. The van der Waals surface area contributed by atoms with Crippen LogP contribution in [0.5, 0.6) is 0 Å². The first-order valence-electron chi connectivity index (χ1n) is 6.25. The van der Waals surface area contributed by atoms with Crippen molar-refractivity contribution in [1.29, 1.82) is 0 Å². The fraction of sp³-hybridized carbons (Fsp3) is 0.692. The molecular formula is C13H22N4. The van der Waals surface area contributed by atoms with Gasteiger partial charge in [-0.25, -0.2) is 9.97 Å². The fourth-order valence-corrected chi connectivity index (χ4v) is 2.37. The zero-order valence-corrected chi connectivity index (χ0v) is 11.2. The van der Waals surface area contributed by atoms with Crippen LogP contribution < -0.4 is 10.2 Å². The van der Waals surface area contributed by atoms with Crippen LogP contribution in [0.3, 0.4) is 0 Å². The Bertz CT molecular complexity index is 394. The normalized spacial score (nSPS) is 24.7. The minimum Gasteiger partial charge on any atom is -0.363 e. The van der Waals surface area contributed by atoms with Crippen LogP contribution in [0.25, 0.3) is 0 Å². The lowest BCUT2D eigenvalue weighted by Gasteiger charge is -2.34. The van der Waals surface area contributed by atoms with Gasteiger partial charge in [-0.1, -0.05) is 6.92 Å². The highest BCUT2D eigenvalue weighted by atomic mass is 15.1. The number of piperidine rings is 1. The first-order valence-corrected chi connectivity index (χ1v) is 6.25. The van der Waals surface area contributed by atoms with Crippen LogP contribution in [0, 0.1) is 6.92 Å². The van der Waals surface area contributed by atoms with Crippen molar-refractivity contribution in [2.75, 3.05) is 32.1 Å². The Kier molecular flexibility index (Phi) is 3.33. The minimum atomic E-state index is 0.150. The quantitative estimate of drug-likeness (QED) is 0.842. The maximum atomic E-state index is 4.63. The van der Waals surface area contributed by atoms with E-state index in [0.717, 1.165) is 24.7 Å². The summed E-state index contributed by atoms with van der Waals surface area (Å²) < 4.78 is 0. The van der Waals surface area contributed by atoms with Gasteiger partial charge in [0.25, 0.3) is 0 Å². The second-order valence-electron chi connectivity index (χ2n) is 5.39. The number of nitrogens with zero attached hydrogens (tertiary/aromatic N) is 3. The number of nitrogens with one attached hydrogen (secondary N) is 1. The van der Waals surface area contributed by atoms with Crippen molar-refractivity contribution in [3.63, 3.8) is 0 Å². The topological polar surface area (TPSA) is 41.1 Å². The van der Waals surface area contributed by atoms with Crippen molar-refractivity contribution in [1.82, 2.24) is 15.3 Å². The lowest BCUT2D eigenvalue weighted by Crippen LogP contribution is -2.41. The van der Waals surface area contributed by atoms with Crippen LogP contribution >= 0.6 is 0 Å². The molecule has 1 aromatic rings. The summed E-state index contributed by atoms with van der Waals surface area (Å²) in [5.41, 5.74) is 1.32. The average molecular weight is 234 g/mol. The third-order valence-corrected chi connectivity index (χ3v) is 3.50. The van der Waals surface area contributed by atoms with Crippen molar-refractivity contribution >= 4 is 5.82 Å². The van der Waals surface area contributed by atoms with Gasteiger partial charge in [0.15, 0.2) is 0 Å². The van der Waals surface area contributed by atoms with Crippen LogP contribution in [0.15, 0.2) is 6.07 Å². The van der Waals surface area contributed by atoms with E-state index < -0.39 is 0 Å².